The van der Waals surface area contributed by atoms with Crippen molar-refractivity contribution in [3.8, 4) is 0 Å². The van der Waals surface area contributed by atoms with E-state index in [1.54, 1.807) is 12.5 Å². The van der Waals surface area contributed by atoms with Gasteiger partial charge in [0.05, 0.1) is 6.33 Å². The van der Waals surface area contributed by atoms with Gasteiger partial charge in [-0.3, -0.25) is 9.69 Å². The maximum absolute atomic E-state index is 12.3. The van der Waals surface area contributed by atoms with E-state index in [4.69, 9.17) is 0 Å². The van der Waals surface area contributed by atoms with Gasteiger partial charge in [0.1, 0.15) is 5.54 Å². The Labute approximate surface area is 111 Å². The van der Waals surface area contributed by atoms with Crippen LogP contribution in [-0.4, -0.2) is 51.6 Å². The molecule has 0 saturated carbocycles. The van der Waals surface area contributed by atoms with Crippen LogP contribution in [0.1, 0.15) is 12.8 Å². The van der Waals surface area contributed by atoms with Crippen molar-refractivity contribution < 1.29 is 9.59 Å². The van der Waals surface area contributed by atoms with Gasteiger partial charge in [-0.25, -0.2) is 9.78 Å². The summed E-state index contributed by atoms with van der Waals surface area (Å²) in [6.07, 6.45) is 6.73. The second kappa shape index (κ2) is 4.65. The van der Waals surface area contributed by atoms with Gasteiger partial charge in [-0.15, -0.1) is 0 Å². The summed E-state index contributed by atoms with van der Waals surface area (Å²) in [6, 6.07) is -0.265. The Morgan fingerprint density at radius 2 is 2.26 bits per heavy atom. The third kappa shape index (κ3) is 2.10. The van der Waals surface area contributed by atoms with Crippen LogP contribution in [0.25, 0.3) is 0 Å². The van der Waals surface area contributed by atoms with E-state index >= 15 is 0 Å². The highest BCUT2D eigenvalue weighted by Gasteiger charge is 2.52. The van der Waals surface area contributed by atoms with E-state index in [0.29, 0.717) is 19.5 Å². The molecule has 19 heavy (non-hydrogen) atoms. The molecule has 3 heterocycles. The Morgan fingerprint density at radius 1 is 1.37 bits per heavy atom. The Bertz CT molecular complexity index is 478. The molecule has 1 spiro atoms. The summed E-state index contributed by atoms with van der Waals surface area (Å²) in [5.74, 6) is -0.0897. The van der Waals surface area contributed by atoms with Crippen LogP contribution in [0.15, 0.2) is 18.7 Å². The van der Waals surface area contributed by atoms with Crippen LogP contribution in [0.4, 0.5) is 4.79 Å². The van der Waals surface area contributed by atoms with E-state index in [0.717, 1.165) is 19.5 Å². The fraction of sp³-hybridized carbons (Fsp3) is 0.583. The lowest BCUT2D eigenvalue weighted by molar-refractivity contribution is -0.130. The quantitative estimate of drug-likeness (QED) is 0.722. The van der Waals surface area contributed by atoms with Gasteiger partial charge < -0.3 is 15.2 Å². The second-order valence-corrected chi connectivity index (χ2v) is 5.05. The Hall–Kier alpha value is -1.89. The molecule has 102 valence electrons. The van der Waals surface area contributed by atoms with E-state index in [1.165, 1.54) is 4.90 Å². The van der Waals surface area contributed by atoms with E-state index in [-0.39, 0.29) is 11.9 Å². The van der Waals surface area contributed by atoms with Crippen molar-refractivity contribution in [2.75, 3.05) is 19.6 Å². The van der Waals surface area contributed by atoms with Gasteiger partial charge in [0, 0.05) is 32.0 Å². The molecule has 1 aromatic rings. The maximum Gasteiger partial charge on any atom is 0.325 e. The van der Waals surface area contributed by atoms with Crippen LogP contribution in [-0.2, 0) is 11.3 Å². The molecule has 1 atom stereocenters. The summed E-state index contributed by atoms with van der Waals surface area (Å²) in [7, 11) is 0. The Kier molecular flexibility index (Phi) is 2.98. The molecule has 2 aliphatic heterocycles. The maximum atomic E-state index is 12.3. The number of carbonyl (C=O) groups is 2. The zero-order chi connectivity index (χ0) is 13.3. The lowest BCUT2D eigenvalue weighted by Gasteiger charge is -2.19. The van der Waals surface area contributed by atoms with Crippen molar-refractivity contribution in [3.05, 3.63) is 18.7 Å². The number of amides is 3. The number of imidazole rings is 1. The SMILES string of the molecule is O=C1NC2(CCNC2)C(=O)N1CCCn1ccnc1. The molecular formula is C12H17N5O2. The third-order valence-electron chi connectivity index (χ3n) is 3.76. The standard InChI is InChI=1S/C12H17N5O2/c18-10-12(2-3-13-8-12)15-11(19)17(10)6-1-5-16-7-4-14-9-16/h4,7,9,13H,1-3,5-6,8H2,(H,15,19). The van der Waals surface area contributed by atoms with Gasteiger partial charge in [0.15, 0.2) is 0 Å². The summed E-state index contributed by atoms with van der Waals surface area (Å²) in [5, 5.41) is 5.96. The molecule has 0 aromatic carbocycles. The molecule has 0 aliphatic carbocycles. The van der Waals surface area contributed by atoms with Crippen LogP contribution in [0.5, 0.6) is 0 Å². The van der Waals surface area contributed by atoms with Crippen molar-refractivity contribution in [3.63, 3.8) is 0 Å². The van der Waals surface area contributed by atoms with Crippen molar-refractivity contribution in [2.24, 2.45) is 0 Å². The van der Waals surface area contributed by atoms with Gasteiger partial charge in [0.25, 0.3) is 5.91 Å². The third-order valence-corrected chi connectivity index (χ3v) is 3.76. The number of rotatable bonds is 4. The largest absolute Gasteiger partial charge is 0.337 e. The van der Waals surface area contributed by atoms with E-state index in [2.05, 4.69) is 15.6 Å². The average molecular weight is 263 g/mol. The van der Waals surface area contributed by atoms with E-state index < -0.39 is 5.54 Å². The molecule has 3 amide bonds. The zero-order valence-electron chi connectivity index (χ0n) is 10.6. The predicted octanol–water partition coefficient (Wildman–Crippen LogP) is -0.443. The zero-order valence-corrected chi connectivity index (χ0v) is 10.6. The van der Waals surface area contributed by atoms with Crippen LogP contribution in [0.3, 0.4) is 0 Å². The first-order valence-electron chi connectivity index (χ1n) is 6.52. The molecule has 0 bridgehead atoms. The van der Waals surface area contributed by atoms with Gasteiger partial charge in [-0.1, -0.05) is 0 Å². The number of imide groups is 1. The summed E-state index contributed by atoms with van der Waals surface area (Å²) in [4.78, 5) is 29.5. The lowest BCUT2D eigenvalue weighted by Crippen LogP contribution is -2.48. The number of hydrogen-bond donors (Lipinski definition) is 2. The molecule has 1 unspecified atom stereocenters. The van der Waals surface area contributed by atoms with Gasteiger partial charge in [0.2, 0.25) is 0 Å². The molecule has 7 heteroatoms. The molecule has 2 saturated heterocycles. The summed E-state index contributed by atoms with van der Waals surface area (Å²) >= 11 is 0. The summed E-state index contributed by atoms with van der Waals surface area (Å²) in [5.41, 5.74) is -0.688. The molecule has 2 fully saturated rings. The fourth-order valence-electron chi connectivity index (χ4n) is 2.69. The molecule has 0 radical (unpaired) electrons. The predicted molar refractivity (Wildman–Crippen MR) is 67.3 cm³/mol. The Balaban J connectivity index is 1.59. The van der Waals surface area contributed by atoms with Crippen LogP contribution in [0.2, 0.25) is 0 Å². The molecule has 7 nitrogen and oxygen atoms in total. The number of hydrogen-bond acceptors (Lipinski definition) is 4. The van der Waals surface area contributed by atoms with Crippen LogP contribution < -0.4 is 10.6 Å². The molecule has 2 N–H and O–H groups in total. The van der Waals surface area contributed by atoms with Crippen molar-refractivity contribution in [1.29, 1.82) is 0 Å². The fourth-order valence-corrected chi connectivity index (χ4v) is 2.69. The monoisotopic (exact) mass is 263 g/mol. The highest BCUT2D eigenvalue weighted by atomic mass is 16.2. The number of aryl methyl sites for hydroxylation is 1. The first kappa shape index (κ1) is 12.2. The van der Waals surface area contributed by atoms with Crippen molar-refractivity contribution in [2.45, 2.75) is 24.9 Å². The average Bonchev–Trinajstić information content (AvgIpc) is 3.08. The van der Waals surface area contributed by atoms with Gasteiger partial charge in [-0.05, 0) is 19.4 Å². The molecular weight excluding hydrogens is 246 g/mol. The summed E-state index contributed by atoms with van der Waals surface area (Å²) in [6.45, 7) is 2.51. The highest BCUT2D eigenvalue weighted by Crippen LogP contribution is 2.24. The first-order chi connectivity index (χ1) is 9.21. The minimum absolute atomic E-state index is 0.0897. The minimum atomic E-state index is -0.688. The number of aromatic nitrogens is 2. The number of carbonyl (C=O) groups excluding carboxylic acids is 2. The molecule has 3 rings (SSSR count). The molecule has 2 aliphatic rings. The second-order valence-electron chi connectivity index (χ2n) is 5.05. The lowest BCUT2D eigenvalue weighted by atomic mass is 9.99. The normalized spacial score (nSPS) is 26.4. The topological polar surface area (TPSA) is 79.3 Å². The highest BCUT2D eigenvalue weighted by molar-refractivity contribution is 6.07. The summed E-state index contributed by atoms with van der Waals surface area (Å²) < 4.78 is 1.94. The smallest absolute Gasteiger partial charge is 0.325 e. The number of nitrogens with zero attached hydrogens (tertiary/aromatic N) is 3. The minimum Gasteiger partial charge on any atom is -0.337 e. The van der Waals surface area contributed by atoms with Gasteiger partial charge >= 0.3 is 6.03 Å². The van der Waals surface area contributed by atoms with Gasteiger partial charge in [-0.2, -0.15) is 0 Å². The Morgan fingerprint density at radius 3 is 2.95 bits per heavy atom. The molecule has 1 aromatic heterocycles. The first-order valence-corrected chi connectivity index (χ1v) is 6.52. The van der Waals surface area contributed by atoms with Crippen LogP contribution in [0, 0.1) is 0 Å². The van der Waals surface area contributed by atoms with Crippen molar-refractivity contribution in [1.82, 2.24) is 25.1 Å². The van der Waals surface area contributed by atoms with Crippen LogP contribution >= 0.6 is 0 Å². The van der Waals surface area contributed by atoms with Crippen molar-refractivity contribution >= 4 is 11.9 Å². The van der Waals surface area contributed by atoms with E-state index in [1.807, 2.05) is 10.8 Å². The number of urea groups is 1. The van der Waals surface area contributed by atoms with E-state index in [9.17, 15) is 9.59 Å². The number of nitrogens with one attached hydrogen (secondary N) is 2.